The van der Waals surface area contributed by atoms with Gasteiger partial charge in [-0.25, -0.2) is 4.79 Å². The summed E-state index contributed by atoms with van der Waals surface area (Å²) in [6.07, 6.45) is 2.06. The van der Waals surface area contributed by atoms with Gasteiger partial charge in [0.1, 0.15) is 11.5 Å². The number of carbonyl (C=O) groups is 3. The Kier molecular flexibility index (Phi) is 7.99. The van der Waals surface area contributed by atoms with Gasteiger partial charge in [-0.05, 0) is 72.5 Å². The minimum absolute atomic E-state index is 0.0395. The van der Waals surface area contributed by atoms with Crippen molar-refractivity contribution in [1.29, 1.82) is 0 Å². The summed E-state index contributed by atoms with van der Waals surface area (Å²) in [5, 5.41) is 12.4. The number of esters is 1. The van der Waals surface area contributed by atoms with Crippen LogP contribution < -0.4 is 10.1 Å². The number of rotatable bonds is 9. The number of benzene rings is 3. The first-order valence-electron chi connectivity index (χ1n) is 11.3. The lowest BCUT2D eigenvalue weighted by Crippen LogP contribution is -2.25. The fourth-order valence-corrected chi connectivity index (χ4v) is 4.46. The van der Waals surface area contributed by atoms with Gasteiger partial charge in [-0.3, -0.25) is 25.0 Å². The standard InChI is InChI=1S/C27H22N2O7S/c1-2-35-26(31)23(15-17-3-9-20(10-4-17)29(33)34)19-7-13-22(14-8-19)36-21-11-5-18(6-12-21)16-24-25(30)28-27(32)37-24/h3-15,24H,2,16H2,1H3,(H,28,30,32)/b23-15+. The molecule has 0 radical (unpaired) electrons. The van der Waals surface area contributed by atoms with Crippen LogP contribution in [0.25, 0.3) is 11.6 Å². The van der Waals surface area contributed by atoms with Crippen LogP contribution in [-0.4, -0.2) is 33.9 Å². The first kappa shape index (κ1) is 25.6. The maximum Gasteiger partial charge on any atom is 0.338 e. The highest BCUT2D eigenvalue weighted by atomic mass is 32.2. The summed E-state index contributed by atoms with van der Waals surface area (Å²) in [6, 6.07) is 20.0. The fraction of sp³-hybridized carbons (Fsp3) is 0.148. The van der Waals surface area contributed by atoms with E-state index in [1.54, 1.807) is 61.5 Å². The zero-order chi connectivity index (χ0) is 26.4. The van der Waals surface area contributed by atoms with Crippen LogP contribution in [0.3, 0.4) is 0 Å². The van der Waals surface area contributed by atoms with E-state index in [0.29, 0.717) is 34.6 Å². The van der Waals surface area contributed by atoms with Crippen molar-refractivity contribution in [3.8, 4) is 11.5 Å². The number of ether oxygens (including phenoxy) is 2. The van der Waals surface area contributed by atoms with Gasteiger partial charge in [0.15, 0.2) is 0 Å². The van der Waals surface area contributed by atoms with Gasteiger partial charge in [-0.2, -0.15) is 0 Å². The summed E-state index contributed by atoms with van der Waals surface area (Å²) < 4.78 is 11.1. The van der Waals surface area contributed by atoms with Crippen molar-refractivity contribution in [2.45, 2.75) is 18.6 Å². The molecular formula is C27H22N2O7S. The molecule has 1 unspecified atom stereocenters. The number of carbonyl (C=O) groups excluding carboxylic acids is 3. The number of hydrogen-bond donors (Lipinski definition) is 1. The Labute approximate surface area is 216 Å². The molecule has 10 heteroatoms. The number of hydrogen-bond acceptors (Lipinski definition) is 8. The van der Waals surface area contributed by atoms with Crippen LogP contribution >= 0.6 is 11.8 Å². The molecule has 0 aliphatic carbocycles. The number of non-ortho nitro benzene ring substituents is 1. The number of nitrogens with one attached hydrogen (secondary N) is 1. The second kappa shape index (κ2) is 11.5. The van der Waals surface area contributed by atoms with Crippen molar-refractivity contribution >= 4 is 46.2 Å². The average molecular weight is 519 g/mol. The molecule has 1 aliphatic rings. The molecule has 1 saturated heterocycles. The summed E-state index contributed by atoms with van der Waals surface area (Å²) >= 11 is 0.991. The Morgan fingerprint density at radius 1 is 1.00 bits per heavy atom. The summed E-state index contributed by atoms with van der Waals surface area (Å²) in [7, 11) is 0. The van der Waals surface area contributed by atoms with E-state index in [1.165, 1.54) is 12.1 Å². The molecule has 188 valence electrons. The molecular weight excluding hydrogens is 496 g/mol. The summed E-state index contributed by atoms with van der Waals surface area (Å²) in [5.74, 6) is 0.343. The fourth-order valence-electron chi connectivity index (χ4n) is 3.60. The summed E-state index contributed by atoms with van der Waals surface area (Å²) in [4.78, 5) is 46.1. The number of nitro benzene ring substituents is 1. The van der Waals surface area contributed by atoms with Crippen molar-refractivity contribution in [3.63, 3.8) is 0 Å². The molecule has 0 spiro atoms. The van der Waals surface area contributed by atoms with Gasteiger partial charge in [-0.1, -0.05) is 36.0 Å². The minimum Gasteiger partial charge on any atom is -0.462 e. The van der Waals surface area contributed by atoms with Gasteiger partial charge in [0.05, 0.1) is 22.4 Å². The maximum atomic E-state index is 12.6. The Hall–Kier alpha value is -4.44. The zero-order valence-electron chi connectivity index (χ0n) is 19.7. The van der Waals surface area contributed by atoms with Crippen molar-refractivity contribution in [3.05, 3.63) is 99.6 Å². The first-order valence-corrected chi connectivity index (χ1v) is 12.2. The molecule has 1 heterocycles. The molecule has 1 atom stereocenters. The molecule has 0 saturated carbocycles. The molecule has 0 aromatic heterocycles. The third-order valence-electron chi connectivity index (χ3n) is 5.42. The molecule has 3 aromatic carbocycles. The van der Waals surface area contributed by atoms with E-state index < -0.39 is 16.1 Å². The van der Waals surface area contributed by atoms with Crippen molar-refractivity contribution in [1.82, 2.24) is 5.32 Å². The molecule has 1 N–H and O–H groups in total. The second-order valence-corrected chi connectivity index (χ2v) is 9.16. The Morgan fingerprint density at radius 3 is 2.16 bits per heavy atom. The highest BCUT2D eigenvalue weighted by Crippen LogP contribution is 2.28. The molecule has 0 bridgehead atoms. The molecule has 1 fully saturated rings. The second-order valence-electron chi connectivity index (χ2n) is 7.98. The third kappa shape index (κ3) is 6.62. The third-order valence-corrected chi connectivity index (χ3v) is 6.40. The van der Waals surface area contributed by atoms with E-state index in [-0.39, 0.29) is 23.4 Å². The summed E-state index contributed by atoms with van der Waals surface area (Å²) in [6.45, 7) is 1.92. The van der Waals surface area contributed by atoms with Crippen LogP contribution in [0.5, 0.6) is 11.5 Å². The molecule has 2 amide bonds. The zero-order valence-corrected chi connectivity index (χ0v) is 20.5. The lowest BCUT2D eigenvalue weighted by molar-refractivity contribution is -0.384. The predicted octanol–water partition coefficient (Wildman–Crippen LogP) is 5.38. The van der Waals surface area contributed by atoms with Crippen molar-refractivity contribution in [2.24, 2.45) is 0 Å². The number of amides is 2. The number of imide groups is 1. The van der Waals surface area contributed by atoms with E-state index in [9.17, 15) is 24.5 Å². The summed E-state index contributed by atoms with van der Waals surface area (Å²) in [5.41, 5.74) is 2.38. The monoisotopic (exact) mass is 518 g/mol. The number of thioether (sulfide) groups is 1. The maximum absolute atomic E-state index is 12.6. The largest absolute Gasteiger partial charge is 0.462 e. The topological polar surface area (TPSA) is 125 Å². The van der Waals surface area contributed by atoms with Gasteiger partial charge in [-0.15, -0.1) is 0 Å². The Balaban J connectivity index is 1.47. The lowest BCUT2D eigenvalue weighted by Gasteiger charge is -2.11. The van der Waals surface area contributed by atoms with Crippen LogP contribution in [0.15, 0.2) is 72.8 Å². The molecule has 4 rings (SSSR count). The van der Waals surface area contributed by atoms with E-state index in [4.69, 9.17) is 9.47 Å². The Morgan fingerprint density at radius 2 is 1.62 bits per heavy atom. The van der Waals surface area contributed by atoms with E-state index in [2.05, 4.69) is 5.32 Å². The van der Waals surface area contributed by atoms with Crippen molar-refractivity contribution < 1.29 is 28.8 Å². The van der Waals surface area contributed by atoms with Crippen LogP contribution in [0.4, 0.5) is 10.5 Å². The smallest absolute Gasteiger partial charge is 0.338 e. The van der Waals surface area contributed by atoms with Crippen molar-refractivity contribution in [2.75, 3.05) is 6.61 Å². The molecule has 9 nitrogen and oxygen atoms in total. The minimum atomic E-state index is -0.513. The van der Waals surface area contributed by atoms with Crippen LogP contribution in [0, 0.1) is 10.1 Å². The quantitative estimate of drug-likeness (QED) is 0.132. The first-order chi connectivity index (χ1) is 17.8. The van der Waals surface area contributed by atoms with Crippen LogP contribution in [0.1, 0.15) is 23.6 Å². The van der Waals surface area contributed by atoms with Crippen LogP contribution in [0.2, 0.25) is 0 Å². The van der Waals surface area contributed by atoms with Gasteiger partial charge >= 0.3 is 5.97 Å². The van der Waals surface area contributed by atoms with Gasteiger partial charge in [0.2, 0.25) is 5.91 Å². The molecule has 1 aliphatic heterocycles. The highest BCUT2D eigenvalue weighted by Gasteiger charge is 2.31. The molecule has 3 aromatic rings. The van der Waals surface area contributed by atoms with E-state index in [1.807, 2.05) is 12.1 Å². The van der Waals surface area contributed by atoms with E-state index in [0.717, 1.165) is 17.3 Å². The van der Waals surface area contributed by atoms with Gasteiger partial charge < -0.3 is 9.47 Å². The average Bonchev–Trinajstić information content (AvgIpc) is 3.20. The van der Waals surface area contributed by atoms with Gasteiger partial charge in [0.25, 0.3) is 10.9 Å². The lowest BCUT2D eigenvalue weighted by atomic mass is 10.0. The Bertz CT molecular complexity index is 1350. The number of nitro groups is 1. The highest BCUT2D eigenvalue weighted by molar-refractivity contribution is 8.15. The van der Waals surface area contributed by atoms with Gasteiger partial charge in [0, 0.05) is 12.1 Å². The normalized spacial score (nSPS) is 15.3. The SMILES string of the molecule is CCOC(=O)/C(=C/c1ccc([N+](=O)[O-])cc1)c1ccc(Oc2ccc(CC3SC(=O)NC3=O)cc2)cc1. The number of nitrogens with zero attached hydrogens (tertiary/aromatic N) is 1. The van der Waals surface area contributed by atoms with E-state index >= 15 is 0 Å². The molecule has 37 heavy (non-hydrogen) atoms. The van der Waals surface area contributed by atoms with Crippen LogP contribution in [-0.2, 0) is 20.7 Å². The predicted molar refractivity (Wildman–Crippen MR) is 139 cm³/mol.